The summed E-state index contributed by atoms with van der Waals surface area (Å²) >= 11 is 0. The van der Waals surface area contributed by atoms with Gasteiger partial charge in [-0.25, -0.2) is 0 Å². The molecule has 6 nitrogen and oxygen atoms in total. The van der Waals surface area contributed by atoms with E-state index in [2.05, 4.69) is 20.5 Å². The molecule has 0 spiro atoms. The first-order valence-corrected chi connectivity index (χ1v) is 9.79. The summed E-state index contributed by atoms with van der Waals surface area (Å²) in [6.45, 7) is 2.42. The van der Waals surface area contributed by atoms with E-state index in [1.54, 1.807) is 12.4 Å². The molecule has 1 aliphatic carbocycles. The number of pyridine rings is 1. The van der Waals surface area contributed by atoms with E-state index in [-0.39, 0.29) is 5.91 Å². The molecule has 6 heteroatoms. The van der Waals surface area contributed by atoms with Gasteiger partial charge in [-0.3, -0.25) is 14.9 Å². The lowest BCUT2D eigenvalue weighted by Crippen LogP contribution is -2.44. The fraction of sp³-hybridized carbons (Fsp3) is 0.550. The maximum Gasteiger partial charge on any atom is 0.255 e. The monoisotopic (exact) mass is 353 g/mol. The number of hydrogen-bond donors (Lipinski definition) is 2. The van der Waals surface area contributed by atoms with Gasteiger partial charge in [0, 0.05) is 43.8 Å². The Kier molecular flexibility index (Phi) is 5.29. The van der Waals surface area contributed by atoms with Gasteiger partial charge in [0.25, 0.3) is 5.91 Å². The van der Waals surface area contributed by atoms with Crippen molar-refractivity contribution in [2.75, 3.05) is 13.1 Å². The average Bonchev–Trinajstić information content (AvgIpc) is 2.93. The van der Waals surface area contributed by atoms with Crippen molar-refractivity contribution in [1.82, 2.24) is 25.4 Å². The summed E-state index contributed by atoms with van der Waals surface area (Å²) in [7, 11) is 0. The van der Waals surface area contributed by atoms with Crippen molar-refractivity contribution in [3.63, 3.8) is 0 Å². The Morgan fingerprint density at radius 1 is 1.23 bits per heavy atom. The molecule has 0 unspecified atom stereocenters. The largest absolute Gasteiger partial charge is 0.338 e. The van der Waals surface area contributed by atoms with E-state index in [0.717, 1.165) is 45.3 Å². The SMILES string of the molecule is O=C(c1cccnc1)N1CCC(NCc2n[nH]c3c2CCCCC3)CC1. The lowest BCUT2D eigenvalue weighted by Gasteiger charge is -2.32. The molecular formula is C20H27N5O. The van der Waals surface area contributed by atoms with Gasteiger partial charge in [-0.2, -0.15) is 5.10 Å². The van der Waals surface area contributed by atoms with Crippen LogP contribution in [0.1, 0.15) is 59.4 Å². The van der Waals surface area contributed by atoms with E-state index in [9.17, 15) is 4.79 Å². The number of carbonyl (C=O) groups is 1. The molecule has 1 amide bonds. The van der Waals surface area contributed by atoms with Gasteiger partial charge in [0.05, 0.1) is 11.3 Å². The summed E-state index contributed by atoms with van der Waals surface area (Å²) in [6, 6.07) is 4.10. The minimum absolute atomic E-state index is 0.0918. The van der Waals surface area contributed by atoms with Crippen LogP contribution in [0.25, 0.3) is 0 Å². The molecule has 0 radical (unpaired) electrons. The Morgan fingerprint density at radius 2 is 2.08 bits per heavy atom. The number of likely N-dealkylation sites (tertiary alicyclic amines) is 1. The Hall–Kier alpha value is -2.21. The van der Waals surface area contributed by atoms with Crippen LogP contribution in [0.2, 0.25) is 0 Å². The second-order valence-corrected chi connectivity index (χ2v) is 7.38. The second-order valence-electron chi connectivity index (χ2n) is 7.38. The van der Waals surface area contributed by atoms with E-state index < -0.39 is 0 Å². The minimum atomic E-state index is 0.0918. The Bertz CT molecular complexity index is 734. The number of nitrogens with one attached hydrogen (secondary N) is 2. The molecule has 0 saturated carbocycles. The predicted molar refractivity (Wildman–Crippen MR) is 99.8 cm³/mol. The second kappa shape index (κ2) is 7.99. The normalized spacial score (nSPS) is 18.4. The van der Waals surface area contributed by atoms with Gasteiger partial charge in [-0.05, 0) is 56.2 Å². The number of rotatable bonds is 4. The number of carbonyl (C=O) groups excluding carboxylic acids is 1. The van der Waals surface area contributed by atoms with Crippen molar-refractivity contribution in [3.8, 4) is 0 Å². The average molecular weight is 353 g/mol. The number of aryl methyl sites for hydroxylation is 1. The van der Waals surface area contributed by atoms with E-state index in [1.807, 2.05) is 17.0 Å². The van der Waals surface area contributed by atoms with Gasteiger partial charge in [-0.1, -0.05) is 6.42 Å². The van der Waals surface area contributed by atoms with Crippen LogP contribution >= 0.6 is 0 Å². The highest BCUT2D eigenvalue weighted by molar-refractivity contribution is 5.93. The van der Waals surface area contributed by atoms with Gasteiger partial charge in [-0.15, -0.1) is 0 Å². The Morgan fingerprint density at radius 3 is 2.88 bits per heavy atom. The zero-order chi connectivity index (χ0) is 17.8. The molecule has 2 aromatic rings. The molecule has 2 N–H and O–H groups in total. The predicted octanol–water partition coefficient (Wildman–Crippen LogP) is 2.47. The summed E-state index contributed by atoms with van der Waals surface area (Å²) < 4.78 is 0. The number of amides is 1. The van der Waals surface area contributed by atoms with Crippen LogP contribution in [-0.4, -0.2) is 45.1 Å². The maximum atomic E-state index is 12.5. The van der Waals surface area contributed by atoms with Crippen LogP contribution in [0, 0.1) is 0 Å². The molecule has 26 heavy (non-hydrogen) atoms. The standard InChI is InChI=1S/C20H27N5O/c26-20(15-5-4-10-21-13-15)25-11-8-16(9-12-25)22-14-19-17-6-2-1-3-7-18(17)23-24-19/h4-5,10,13,16,22H,1-3,6-9,11-12,14H2,(H,23,24). The zero-order valence-corrected chi connectivity index (χ0v) is 15.2. The summed E-state index contributed by atoms with van der Waals surface area (Å²) in [4.78, 5) is 18.5. The third kappa shape index (κ3) is 3.80. The molecule has 4 rings (SSSR count). The molecule has 0 aromatic carbocycles. The van der Waals surface area contributed by atoms with Gasteiger partial charge in [0.15, 0.2) is 0 Å². The van der Waals surface area contributed by atoms with Crippen molar-refractivity contribution < 1.29 is 4.79 Å². The first kappa shape index (κ1) is 17.2. The molecule has 3 heterocycles. The highest BCUT2D eigenvalue weighted by atomic mass is 16.2. The van der Waals surface area contributed by atoms with Gasteiger partial charge in [0.1, 0.15) is 0 Å². The smallest absolute Gasteiger partial charge is 0.255 e. The van der Waals surface area contributed by atoms with Crippen molar-refractivity contribution in [1.29, 1.82) is 0 Å². The van der Waals surface area contributed by atoms with Crippen molar-refractivity contribution in [2.45, 2.75) is 57.5 Å². The van der Waals surface area contributed by atoms with E-state index in [0.29, 0.717) is 11.6 Å². The van der Waals surface area contributed by atoms with Crippen LogP contribution in [-0.2, 0) is 19.4 Å². The van der Waals surface area contributed by atoms with E-state index in [4.69, 9.17) is 0 Å². The summed E-state index contributed by atoms with van der Waals surface area (Å²) in [5.41, 5.74) is 4.66. The maximum absolute atomic E-state index is 12.5. The molecule has 1 aliphatic heterocycles. The van der Waals surface area contributed by atoms with Crippen molar-refractivity contribution in [3.05, 3.63) is 47.0 Å². The summed E-state index contributed by atoms with van der Waals surface area (Å²) in [6.07, 6.45) is 11.5. The fourth-order valence-corrected chi connectivity index (χ4v) is 4.07. The zero-order valence-electron chi connectivity index (χ0n) is 15.2. The molecule has 1 saturated heterocycles. The number of nitrogens with zero attached hydrogens (tertiary/aromatic N) is 3. The third-order valence-corrected chi connectivity index (χ3v) is 5.64. The molecule has 2 aromatic heterocycles. The number of piperidine rings is 1. The molecule has 2 aliphatic rings. The third-order valence-electron chi connectivity index (χ3n) is 5.64. The van der Waals surface area contributed by atoms with Crippen LogP contribution in [0.3, 0.4) is 0 Å². The van der Waals surface area contributed by atoms with Crippen molar-refractivity contribution in [2.24, 2.45) is 0 Å². The molecule has 138 valence electrons. The molecule has 0 atom stereocenters. The Labute approximate surface area is 154 Å². The van der Waals surface area contributed by atoms with Gasteiger partial charge in [0.2, 0.25) is 0 Å². The number of hydrogen-bond acceptors (Lipinski definition) is 4. The van der Waals surface area contributed by atoms with Gasteiger partial charge < -0.3 is 10.2 Å². The van der Waals surface area contributed by atoms with Crippen LogP contribution < -0.4 is 5.32 Å². The van der Waals surface area contributed by atoms with E-state index >= 15 is 0 Å². The van der Waals surface area contributed by atoms with E-state index in [1.165, 1.54) is 36.2 Å². The van der Waals surface area contributed by atoms with Crippen LogP contribution in [0.5, 0.6) is 0 Å². The lowest BCUT2D eigenvalue weighted by molar-refractivity contribution is 0.0704. The number of fused-ring (bicyclic) bond motifs is 1. The lowest BCUT2D eigenvalue weighted by atomic mass is 10.0. The van der Waals surface area contributed by atoms with Crippen LogP contribution in [0.4, 0.5) is 0 Å². The first-order valence-electron chi connectivity index (χ1n) is 9.79. The highest BCUT2D eigenvalue weighted by Crippen LogP contribution is 2.22. The Balaban J connectivity index is 1.28. The quantitative estimate of drug-likeness (QED) is 0.828. The summed E-state index contributed by atoms with van der Waals surface area (Å²) in [5, 5.41) is 11.5. The van der Waals surface area contributed by atoms with Gasteiger partial charge >= 0.3 is 0 Å². The number of H-pyrrole nitrogens is 1. The summed E-state index contributed by atoms with van der Waals surface area (Å²) in [5.74, 6) is 0.0918. The molecule has 1 fully saturated rings. The highest BCUT2D eigenvalue weighted by Gasteiger charge is 2.24. The first-order chi connectivity index (χ1) is 12.8. The topological polar surface area (TPSA) is 73.9 Å². The van der Waals surface area contributed by atoms with Crippen molar-refractivity contribution >= 4 is 5.91 Å². The minimum Gasteiger partial charge on any atom is -0.338 e. The number of aromatic amines is 1. The molecule has 0 bridgehead atoms. The fourth-order valence-electron chi connectivity index (χ4n) is 4.07. The number of aromatic nitrogens is 3. The molecular weight excluding hydrogens is 326 g/mol. The van der Waals surface area contributed by atoms with Crippen LogP contribution in [0.15, 0.2) is 24.5 Å².